The molecule has 196 valence electrons. The summed E-state index contributed by atoms with van der Waals surface area (Å²) < 4.78 is 48.9. The molecule has 2 heterocycles. The molecule has 1 aliphatic carbocycles. The van der Waals surface area contributed by atoms with Gasteiger partial charge < -0.3 is 9.84 Å². The second kappa shape index (κ2) is 10.2. The lowest BCUT2D eigenvalue weighted by Gasteiger charge is -2.48. The van der Waals surface area contributed by atoms with Gasteiger partial charge >= 0.3 is 12.1 Å². The Morgan fingerprint density at radius 1 is 1.03 bits per heavy atom. The highest BCUT2D eigenvalue weighted by atomic mass is 19.4. The van der Waals surface area contributed by atoms with E-state index in [1.807, 2.05) is 6.07 Å². The van der Waals surface area contributed by atoms with E-state index in [0.717, 1.165) is 57.1 Å². The van der Waals surface area contributed by atoms with Crippen LogP contribution in [-0.4, -0.2) is 40.7 Å². The predicted molar refractivity (Wildman–Crippen MR) is 133 cm³/mol. The van der Waals surface area contributed by atoms with Gasteiger partial charge in [0.2, 0.25) is 0 Å². The minimum atomic E-state index is -4.51. The van der Waals surface area contributed by atoms with Gasteiger partial charge in [-0.05, 0) is 86.1 Å². The first kappa shape index (κ1) is 25.4. The van der Waals surface area contributed by atoms with Gasteiger partial charge in [-0.3, -0.25) is 9.69 Å². The summed E-state index contributed by atoms with van der Waals surface area (Å²) in [6.07, 6.45) is 3.95. The van der Waals surface area contributed by atoms with Crippen molar-refractivity contribution in [2.75, 3.05) is 6.54 Å². The van der Waals surface area contributed by atoms with Gasteiger partial charge in [-0.1, -0.05) is 37.6 Å². The fourth-order valence-corrected chi connectivity index (χ4v) is 6.72. The maximum atomic E-state index is 14.3. The van der Waals surface area contributed by atoms with Gasteiger partial charge in [0, 0.05) is 18.6 Å². The Morgan fingerprint density at radius 2 is 1.69 bits per heavy atom. The lowest BCUT2D eigenvalue weighted by molar-refractivity contribution is -0.146. The molecule has 0 aromatic heterocycles. The van der Waals surface area contributed by atoms with Gasteiger partial charge in [0.05, 0.1) is 12.0 Å². The quantitative estimate of drug-likeness (QED) is 0.458. The molecule has 0 radical (unpaired) electrons. The van der Waals surface area contributed by atoms with E-state index in [1.54, 1.807) is 18.2 Å². The highest BCUT2D eigenvalue weighted by molar-refractivity contribution is 5.89. The van der Waals surface area contributed by atoms with E-state index in [1.165, 1.54) is 6.07 Å². The van der Waals surface area contributed by atoms with Crippen molar-refractivity contribution in [2.45, 2.75) is 95.5 Å². The minimum absolute atomic E-state index is 0.0584. The van der Waals surface area contributed by atoms with Crippen LogP contribution in [0, 0.1) is 11.8 Å². The number of hydrogen-bond acceptors (Lipinski definition) is 3. The monoisotopic (exact) mass is 503 g/mol. The van der Waals surface area contributed by atoms with Crippen molar-refractivity contribution in [1.29, 1.82) is 0 Å². The first-order chi connectivity index (χ1) is 17.2. The average molecular weight is 504 g/mol. The third-order valence-electron chi connectivity index (χ3n) is 8.72. The van der Waals surface area contributed by atoms with Crippen molar-refractivity contribution < 1.29 is 27.8 Å². The SMILES string of the molecule is C[C@H]1CC[C@@H](Oc2ccc3ccc(CCN4C5CCC[C@@H]4CC(C(=O)O)C5)cc3c2C(F)(F)F)CC1. The number of piperidine rings is 2. The zero-order valence-electron chi connectivity index (χ0n) is 20.9. The zero-order chi connectivity index (χ0) is 25.4. The lowest BCUT2D eigenvalue weighted by Crippen LogP contribution is -2.53. The Balaban J connectivity index is 1.37. The number of halogens is 3. The molecule has 2 aromatic carbocycles. The van der Waals surface area contributed by atoms with E-state index >= 15 is 0 Å². The van der Waals surface area contributed by atoms with Crippen molar-refractivity contribution in [3.63, 3.8) is 0 Å². The topological polar surface area (TPSA) is 49.8 Å². The predicted octanol–water partition coefficient (Wildman–Crippen LogP) is 7.08. The second-order valence-corrected chi connectivity index (χ2v) is 11.2. The molecule has 0 amide bonds. The summed E-state index contributed by atoms with van der Waals surface area (Å²) in [6.45, 7) is 2.92. The average Bonchev–Trinajstić information content (AvgIpc) is 2.82. The number of nitrogens with zero attached hydrogens (tertiary/aromatic N) is 1. The molecule has 7 heteroatoms. The van der Waals surface area contributed by atoms with Crippen LogP contribution < -0.4 is 4.74 Å². The Hall–Kier alpha value is -2.28. The van der Waals surface area contributed by atoms with Crippen molar-refractivity contribution in [3.05, 3.63) is 41.5 Å². The molecule has 2 bridgehead atoms. The number of aliphatic carboxylic acids is 1. The molecule has 36 heavy (non-hydrogen) atoms. The van der Waals surface area contributed by atoms with Crippen LogP contribution >= 0.6 is 0 Å². The molecule has 5 rings (SSSR count). The molecule has 3 atom stereocenters. The number of carboxylic acids is 1. The number of carbonyl (C=O) groups is 1. The molecule has 3 fully saturated rings. The van der Waals surface area contributed by atoms with Gasteiger partial charge in [0.25, 0.3) is 0 Å². The van der Waals surface area contributed by atoms with Crippen LogP contribution in [-0.2, 0) is 17.4 Å². The first-order valence-corrected chi connectivity index (χ1v) is 13.5. The van der Waals surface area contributed by atoms with Gasteiger partial charge in [0.15, 0.2) is 0 Å². The van der Waals surface area contributed by atoms with Crippen LogP contribution in [0.3, 0.4) is 0 Å². The summed E-state index contributed by atoms with van der Waals surface area (Å²) in [5.74, 6) is -0.448. The minimum Gasteiger partial charge on any atom is -0.490 e. The largest absolute Gasteiger partial charge is 0.490 e. The standard InChI is InChI=1S/C29H36F3NO3/c1-18-5-10-24(11-6-18)36-26-12-9-20-8-7-19(15-25(20)27(26)29(30,31)32)13-14-33-22-3-2-4-23(33)17-21(16-22)28(34)35/h7-9,12,15,18,21-24H,2-6,10-11,13-14,16-17H2,1H3,(H,34,35)/t18-,21?,22-,23?,24+/m1/s1. The Morgan fingerprint density at radius 3 is 2.33 bits per heavy atom. The van der Waals surface area contributed by atoms with Gasteiger partial charge in [0.1, 0.15) is 11.3 Å². The number of alkyl halides is 3. The third kappa shape index (κ3) is 5.36. The second-order valence-electron chi connectivity index (χ2n) is 11.2. The molecule has 1 N–H and O–H groups in total. The Labute approximate surface area is 210 Å². The van der Waals surface area contributed by atoms with E-state index in [-0.39, 0.29) is 35.2 Å². The van der Waals surface area contributed by atoms with Gasteiger partial charge in [-0.2, -0.15) is 13.2 Å². The maximum Gasteiger partial charge on any atom is 0.420 e. The number of carboxylic acid groups (broad SMARTS) is 1. The molecular formula is C29H36F3NO3. The number of hydrogen-bond donors (Lipinski definition) is 1. The van der Waals surface area contributed by atoms with E-state index < -0.39 is 17.7 Å². The van der Waals surface area contributed by atoms with E-state index in [4.69, 9.17) is 4.74 Å². The Kier molecular flexibility index (Phi) is 7.21. The summed E-state index contributed by atoms with van der Waals surface area (Å²) in [5.41, 5.74) is 0.203. The molecule has 3 aliphatic rings. The van der Waals surface area contributed by atoms with Crippen LogP contribution in [0.5, 0.6) is 5.75 Å². The van der Waals surface area contributed by atoms with E-state index in [2.05, 4.69) is 11.8 Å². The number of rotatable bonds is 6. The summed E-state index contributed by atoms with van der Waals surface area (Å²) in [5, 5.41) is 10.3. The summed E-state index contributed by atoms with van der Waals surface area (Å²) in [4.78, 5) is 14.0. The van der Waals surface area contributed by atoms with Gasteiger partial charge in [-0.15, -0.1) is 0 Å². The van der Waals surface area contributed by atoms with Crippen LogP contribution in [0.25, 0.3) is 10.8 Å². The van der Waals surface area contributed by atoms with E-state index in [0.29, 0.717) is 30.6 Å². The number of benzene rings is 2. The smallest absolute Gasteiger partial charge is 0.420 e. The third-order valence-corrected chi connectivity index (χ3v) is 8.72. The summed E-state index contributed by atoms with van der Waals surface area (Å²) in [7, 11) is 0. The molecule has 0 spiro atoms. The van der Waals surface area contributed by atoms with Crippen LogP contribution in [0.4, 0.5) is 13.2 Å². The normalized spacial score (nSPS) is 29.3. The number of ether oxygens (including phenoxy) is 1. The molecular weight excluding hydrogens is 467 g/mol. The summed E-state index contributed by atoms with van der Waals surface area (Å²) >= 11 is 0. The number of fused-ring (bicyclic) bond motifs is 3. The maximum absolute atomic E-state index is 14.3. The fraction of sp³-hybridized carbons (Fsp3) is 0.621. The van der Waals surface area contributed by atoms with E-state index in [9.17, 15) is 23.1 Å². The highest BCUT2D eigenvalue weighted by Gasteiger charge is 2.40. The molecule has 1 saturated carbocycles. The first-order valence-electron chi connectivity index (χ1n) is 13.5. The van der Waals surface area contributed by atoms with Crippen molar-refractivity contribution in [3.8, 4) is 5.75 Å². The Bertz CT molecular complexity index is 1080. The fourth-order valence-electron chi connectivity index (χ4n) is 6.72. The van der Waals surface area contributed by atoms with Gasteiger partial charge in [-0.25, -0.2) is 0 Å². The molecule has 4 nitrogen and oxygen atoms in total. The van der Waals surface area contributed by atoms with Crippen LogP contribution in [0.2, 0.25) is 0 Å². The molecule has 2 saturated heterocycles. The van der Waals surface area contributed by atoms with Crippen molar-refractivity contribution >= 4 is 16.7 Å². The van der Waals surface area contributed by atoms with Crippen molar-refractivity contribution in [2.24, 2.45) is 11.8 Å². The molecule has 2 unspecified atom stereocenters. The van der Waals surface area contributed by atoms with Crippen LogP contribution in [0.1, 0.15) is 75.8 Å². The lowest BCUT2D eigenvalue weighted by atomic mass is 9.78. The highest BCUT2D eigenvalue weighted by Crippen LogP contribution is 2.43. The summed E-state index contributed by atoms with van der Waals surface area (Å²) in [6, 6.07) is 9.11. The zero-order valence-corrected chi connectivity index (χ0v) is 20.9. The van der Waals surface area contributed by atoms with Crippen molar-refractivity contribution in [1.82, 2.24) is 4.90 Å². The van der Waals surface area contributed by atoms with Crippen LogP contribution in [0.15, 0.2) is 30.3 Å². The molecule has 2 aliphatic heterocycles. The molecule has 2 aromatic rings.